The van der Waals surface area contributed by atoms with Gasteiger partial charge < -0.3 is 4.74 Å². The monoisotopic (exact) mass is 166 g/mol. The van der Waals surface area contributed by atoms with E-state index >= 15 is 0 Å². The third kappa shape index (κ3) is 6.36. The number of alkyl carbamates (subject to hydrolysis) is 1. The van der Waals surface area contributed by atoms with Gasteiger partial charge in [0.2, 0.25) is 0 Å². The van der Waals surface area contributed by atoms with Gasteiger partial charge in [0.15, 0.2) is 6.61 Å². The summed E-state index contributed by atoms with van der Waals surface area (Å²) in [5, 5.41) is 2.30. The average Bonchev–Trinajstić information content (AvgIpc) is 2.09. The molecular formula is C8H10N2O2. The van der Waals surface area contributed by atoms with Gasteiger partial charge in [0, 0.05) is 18.6 Å². The second kappa shape index (κ2) is 7.35. The molecule has 0 bridgehead atoms. The van der Waals surface area contributed by atoms with Crippen molar-refractivity contribution in [3.63, 3.8) is 0 Å². The molecule has 1 amide bonds. The minimum atomic E-state index is -0.587. The summed E-state index contributed by atoms with van der Waals surface area (Å²) in [6, 6.07) is 0. The van der Waals surface area contributed by atoms with E-state index in [1.165, 1.54) is 12.4 Å². The van der Waals surface area contributed by atoms with Crippen LogP contribution in [0.25, 0.3) is 0 Å². The lowest BCUT2D eigenvalue weighted by Crippen LogP contribution is -2.18. The summed E-state index contributed by atoms with van der Waals surface area (Å²) in [6.45, 7) is 1.73. The van der Waals surface area contributed by atoms with E-state index in [-0.39, 0.29) is 6.61 Å². The van der Waals surface area contributed by atoms with Crippen LogP contribution in [0.4, 0.5) is 4.79 Å². The highest BCUT2D eigenvalue weighted by Crippen LogP contribution is 1.76. The molecule has 0 rings (SSSR count). The van der Waals surface area contributed by atoms with E-state index < -0.39 is 6.09 Å². The smallest absolute Gasteiger partial charge is 0.412 e. The summed E-state index contributed by atoms with van der Waals surface area (Å²) in [4.78, 5) is 14.3. The molecule has 64 valence electrons. The molecule has 0 aliphatic carbocycles. The molecule has 0 fully saturated rings. The molecule has 4 heteroatoms. The van der Waals surface area contributed by atoms with Gasteiger partial charge in [0.05, 0.1) is 0 Å². The second-order valence-corrected chi connectivity index (χ2v) is 1.65. The highest BCUT2D eigenvalue weighted by molar-refractivity contribution is 5.68. The SMILES string of the molecule is C#CCOC(=O)N/C=C\N=CC. The molecule has 0 atom stereocenters. The maximum absolute atomic E-state index is 10.6. The fourth-order valence-electron chi connectivity index (χ4n) is 0.383. The fraction of sp³-hybridized carbons (Fsp3) is 0.250. The topological polar surface area (TPSA) is 50.7 Å². The summed E-state index contributed by atoms with van der Waals surface area (Å²) in [6.07, 6.45) is 8.65. The maximum atomic E-state index is 10.6. The van der Waals surface area contributed by atoms with Gasteiger partial charge in [0.1, 0.15) is 0 Å². The lowest BCUT2D eigenvalue weighted by molar-refractivity contribution is 0.164. The van der Waals surface area contributed by atoms with Gasteiger partial charge >= 0.3 is 6.09 Å². The van der Waals surface area contributed by atoms with Crippen LogP contribution in [0.5, 0.6) is 0 Å². The quantitative estimate of drug-likeness (QED) is 0.500. The van der Waals surface area contributed by atoms with Crippen LogP contribution >= 0.6 is 0 Å². The number of nitrogens with one attached hydrogen (secondary N) is 1. The highest BCUT2D eigenvalue weighted by Gasteiger charge is 1.93. The second-order valence-electron chi connectivity index (χ2n) is 1.65. The minimum absolute atomic E-state index is 0.0310. The Kier molecular flexibility index (Phi) is 6.27. The molecule has 0 saturated heterocycles. The molecule has 4 nitrogen and oxygen atoms in total. The molecule has 12 heavy (non-hydrogen) atoms. The third-order valence-corrected chi connectivity index (χ3v) is 0.797. The van der Waals surface area contributed by atoms with E-state index in [2.05, 4.69) is 21.0 Å². The van der Waals surface area contributed by atoms with Gasteiger partial charge in [-0.15, -0.1) is 6.42 Å². The van der Waals surface area contributed by atoms with Crippen LogP contribution in [0.3, 0.4) is 0 Å². The zero-order valence-electron chi connectivity index (χ0n) is 6.78. The number of hydrogen-bond acceptors (Lipinski definition) is 3. The van der Waals surface area contributed by atoms with Crippen molar-refractivity contribution in [2.75, 3.05) is 6.61 Å². The maximum Gasteiger partial charge on any atom is 0.412 e. The van der Waals surface area contributed by atoms with Crippen LogP contribution in [0.2, 0.25) is 0 Å². The van der Waals surface area contributed by atoms with E-state index in [0.29, 0.717) is 0 Å². The zero-order chi connectivity index (χ0) is 9.23. The van der Waals surface area contributed by atoms with Crippen molar-refractivity contribution in [3.05, 3.63) is 12.4 Å². The first-order valence-corrected chi connectivity index (χ1v) is 3.30. The number of carbonyl (C=O) groups is 1. The molecular weight excluding hydrogens is 156 g/mol. The molecule has 0 saturated carbocycles. The summed E-state index contributed by atoms with van der Waals surface area (Å²) < 4.78 is 4.48. The number of hydrogen-bond donors (Lipinski definition) is 1. The lowest BCUT2D eigenvalue weighted by atomic mass is 10.7. The summed E-state index contributed by atoms with van der Waals surface area (Å²) in [7, 11) is 0. The minimum Gasteiger partial charge on any atom is -0.436 e. The Bertz CT molecular complexity index is 226. The van der Waals surface area contributed by atoms with Crippen molar-refractivity contribution in [2.45, 2.75) is 6.92 Å². The summed E-state index contributed by atoms with van der Waals surface area (Å²) in [5.41, 5.74) is 0. The number of rotatable bonds is 3. The van der Waals surface area contributed by atoms with Crippen LogP contribution in [0.15, 0.2) is 17.4 Å². The van der Waals surface area contributed by atoms with Crippen molar-refractivity contribution >= 4 is 12.3 Å². The Morgan fingerprint density at radius 3 is 3.17 bits per heavy atom. The summed E-state index contributed by atoms with van der Waals surface area (Å²) >= 11 is 0. The largest absolute Gasteiger partial charge is 0.436 e. The summed E-state index contributed by atoms with van der Waals surface area (Å²) in [5.74, 6) is 2.16. The van der Waals surface area contributed by atoms with Crippen LogP contribution in [0, 0.1) is 12.3 Å². The molecule has 0 unspecified atom stereocenters. The van der Waals surface area contributed by atoms with Gasteiger partial charge in [-0.2, -0.15) is 0 Å². The van der Waals surface area contributed by atoms with Crippen molar-refractivity contribution in [3.8, 4) is 12.3 Å². The van der Waals surface area contributed by atoms with Crippen molar-refractivity contribution in [2.24, 2.45) is 4.99 Å². The molecule has 0 aromatic carbocycles. The number of aliphatic imine (C=N–C) groups is 1. The van der Waals surface area contributed by atoms with E-state index in [1.807, 2.05) is 0 Å². The van der Waals surface area contributed by atoms with Crippen molar-refractivity contribution in [1.29, 1.82) is 0 Å². The Morgan fingerprint density at radius 2 is 2.58 bits per heavy atom. The number of carbonyl (C=O) groups excluding carboxylic acids is 1. The van der Waals surface area contributed by atoms with Gasteiger partial charge in [0.25, 0.3) is 0 Å². The van der Waals surface area contributed by atoms with Crippen molar-refractivity contribution in [1.82, 2.24) is 5.32 Å². The number of amides is 1. The Hall–Kier alpha value is -1.76. The predicted octanol–water partition coefficient (Wildman–Crippen LogP) is 0.908. The molecule has 0 aromatic rings. The standard InChI is InChI=1S/C8H10N2O2/c1-3-7-12-8(11)10-6-5-9-4-2/h1,4-6H,7H2,2H3,(H,10,11)/b6-5-,9-4?. The molecule has 0 aliphatic heterocycles. The fourth-order valence-corrected chi connectivity index (χ4v) is 0.383. The lowest BCUT2D eigenvalue weighted by Gasteiger charge is -1.97. The van der Waals surface area contributed by atoms with Gasteiger partial charge in [-0.3, -0.25) is 10.3 Å². The van der Waals surface area contributed by atoms with E-state index in [1.54, 1.807) is 13.1 Å². The molecule has 0 aromatic heterocycles. The van der Waals surface area contributed by atoms with Crippen molar-refractivity contribution < 1.29 is 9.53 Å². The van der Waals surface area contributed by atoms with E-state index in [9.17, 15) is 4.79 Å². The predicted molar refractivity (Wildman–Crippen MR) is 46.6 cm³/mol. The van der Waals surface area contributed by atoms with Gasteiger partial charge in [-0.25, -0.2) is 4.79 Å². The van der Waals surface area contributed by atoms with E-state index in [4.69, 9.17) is 6.42 Å². The zero-order valence-corrected chi connectivity index (χ0v) is 6.78. The highest BCUT2D eigenvalue weighted by atomic mass is 16.5. The van der Waals surface area contributed by atoms with Crippen LogP contribution in [0.1, 0.15) is 6.92 Å². The molecule has 0 radical (unpaired) electrons. The molecule has 0 heterocycles. The van der Waals surface area contributed by atoms with Crippen LogP contribution in [-0.4, -0.2) is 18.9 Å². The average molecular weight is 166 g/mol. The van der Waals surface area contributed by atoms with Gasteiger partial charge in [-0.05, 0) is 6.92 Å². The first kappa shape index (κ1) is 10.2. The van der Waals surface area contributed by atoms with Crippen LogP contribution in [-0.2, 0) is 4.74 Å². The number of terminal acetylenes is 1. The number of nitrogens with zero attached hydrogens (tertiary/aromatic N) is 1. The normalized spacial score (nSPS) is 10.0. The van der Waals surface area contributed by atoms with Gasteiger partial charge in [-0.1, -0.05) is 5.92 Å². The molecule has 0 aliphatic rings. The third-order valence-electron chi connectivity index (χ3n) is 0.797. The Balaban J connectivity index is 3.51. The molecule has 1 N–H and O–H groups in total. The Morgan fingerprint density at radius 1 is 1.83 bits per heavy atom. The van der Waals surface area contributed by atoms with E-state index in [0.717, 1.165) is 0 Å². The first-order chi connectivity index (χ1) is 5.81. The number of ether oxygens (including phenoxy) is 1. The first-order valence-electron chi connectivity index (χ1n) is 3.30. The molecule has 0 spiro atoms. The Labute approximate surface area is 71.3 Å². The van der Waals surface area contributed by atoms with Crippen LogP contribution < -0.4 is 5.32 Å².